The molecule has 0 unspecified atom stereocenters. The molecular formula is C16H15Cl4N5O. The molecule has 0 aliphatic rings. The molecule has 0 radical (unpaired) electrons. The number of carbonyl (C=O) groups excluding carboxylic acids is 1. The summed E-state index contributed by atoms with van der Waals surface area (Å²) in [6.07, 6.45) is 3.35. The van der Waals surface area contributed by atoms with E-state index in [2.05, 4.69) is 25.1 Å². The number of amides is 1. The summed E-state index contributed by atoms with van der Waals surface area (Å²) in [6, 6.07) is 10.7. The van der Waals surface area contributed by atoms with Crippen molar-refractivity contribution in [2.75, 3.05) is 0 Å². The van der Waals surface area contributed by atoms with Crippen LogP contribution in [0.2, 0.25) is 5.02 Å². The maximum absolute atomic E-state index is 12.3. The molecule has 0 aliphatic carbocycles. The molecule has 3 aromatic rings. The molecule has 2 aromatic heterocycles. The van der Waals surface area contributed by atoms with Crippen molar-refractivity contribution in [3.05, 3.63) is 65.1 Å². The van der Waals surface area contributed by atoms with Gasteiger partial charge < -0.3 is 4.98 Å². The fourth-order valence-corrected chi connectivity index (χ4v) is 2.44. The van der Waals surface area contributed by atoms with Gasteiger partial charge in [0.1, 0.15) is 5.69 Å². The molecule has 138 valence electrons. The molecule has 0 aliphatic heterocycles. The minimum absolute atomic E-state index is 0. The lowest BCUT2D eigenvalue weighted by atomic mass is 10.2. The Morgan fingerprint density at radius 2 is 1.88 bits per heavy atom. The zero-order valence-corrected chi connectivity index (χ0v) is 16.3. The number of pyridine rings is 1. The number of hydrogen-bond donors (Lipinski definition) is 3. The van der Waals surface area contributed by atoms with Crippen molar-refractivity contribution in [2.45, 2.75) is 6.54 Å². The van der Waals surface area contributed by atoms with E-state index >= 15 is 0 Å². The predicted octanol–water partition coefficient (Wildman–Crippen LogP) is 4.09. The number of aliphatic imine (C=N–C) groups is 1. The number of benzene rings is 1. The molecule has 0 saturated heterocycles. The first-order valence-electron chi connectivity index (χ1n) is 7.05. The third-order valence-electron chi connectivity index (χ3n) is 3.32. The first kappa shape index (κ1) is 22.1. The van der Waals surface area contributed by atoms with Crippen molar-refractivity contribution in [2.24, 2.45) is 4.99 Å². The van der Waals surface area contributed by atoms with Crippen LogP contribution in [0.3, 0.4) is 0 Å². The molecule has 0 spiro atoms. The quantitative estimate of drug-likeness (QED) is 0.330. The van der Waals surface area contributed by atoms with Gasteiger partial charge in [-0.15, -0.1) is 24.8 Å². The van der Waals surface area contributed by atoms with Crippen LogP contribution in [0.4, 0.5) is 0 Å². The van der Waals surface area contributed by atoms with Crippen molar-refractivity contribution in [1.29, 1.82) is 0 Å². The van der Waals surface area contributed by atoms with Gasteiger partial charge in [0.05, 0.1) is 6.54 Å². The fraction of sp³-hybridized carbons (Fsp3) is 0.0625. The highest BCUT2D eigenvalue weighted by Gasteiger charge is 2.12. The van der Waals surface area contributed by atoms with E-state index < -0.39 is 0 Å². The molecular weight excluding hydrogens is 420 g/mol. The number of aromatic nitrogens is 2. The molecule has 3 rings (SSSR count). The van der Waals surface area contributed by atoms with Gasteiger partial charge in [0.15, 0.2) is 0 Å². The van der Waals surface area contributed by atoms with Crippen LogP contribution in [0, 0.1) is 0 Å². The molecule has 2 heterocycles. The smallest absolute Gasteiger partial charge is 0.274 e. The first-order valence-corrected chi connectivity index (χ1v) is 7.81. The average Bonchev–Trinajstić information content (AvgIpc) is 3.02. The molecule has 0 saturated carbocycles. The van der Waals surface area contributed by atoms with Gasteiger partial charge in [-0.3, -0.25) is 19.9 Å². The second-order valence-electron chi connectivity index (χ2n) is 4.98. The Morgan fingerprint density at radius 3 is 2.58 bits per heavy atom. The number of halogens is 4. The second kappa shape index (κ2) is 10.2. The molecule has 1 amide bonds. The van der Waals surface area contributed by atoms with Gasteiger partial charge in [-0.05, 0) is 42.0 Å². The maximum Gasteiger partial charge on any atom is 0.274 e. The highest BCUT2D eigenvalue weighted by Crippen LogP contribution is 2.20. The minimum Gasteiger partial charge on any atom is -0.351 e. The molecule has 0 bridgehead atoms. The van der Waals surface area contributed by atoms with Crippen LogP contribution in [0.1, 0.15) is 16.1 Å². The summed E-state index contributed by atoms with van der Waals surface area (Å²) in [4.78, 5) is 25.9. The lowest BCUT2D eigenvalue weighted by Crippen LogP contribution is -2.37. The number of H-pyrrole nitrogens is 1. The largest absolute Gasteiger partial charge is 0.351 e. The Labute approximate surface area is 172 Å². The molecule has 0 fully saturated rings. The van der Waals surface area contributed by atoms with Gasteiger partial charge in [0, 0.05) is 40.1 Å². The Morgan fingerprint density at radius 1 is 1.15 bits per heavy atom. The van der Waals surface area contributed by atoms with E-state index in [0.29, 0.717) is 17.3 Å². The van der Waals surface area contributed by atoms with Crippen molar-refractivity contribution in [3.8, 4) is 0 Å². The van der Waals surface area contributed by atoms with Crippen LogP contribution in [-0.4, -0.2) is 21.8 Å². The van der Waals surface area contributed by atoms with Gasteiger partial charge in [0.2, 0.25) is 5.96 Å². The van der Waals surface area contributed by atoms with Gasteiger partial charge >= 0.3 is 0 Å². The van der Waals surface area contributed by atoms with E-state index in [4.69, 9.17) is 23.4 Å². The topological polar surface area (TPSA) is 82.2 Å². The van der Waals surface area contributed by atoms with E-state index in [0.717, 1.165) is 16.5 Å². The van der Waals surface area contributed by atoms with E-state index in [1.165, 1.54) is 0 Å². The zero-order chi connectivity index (χ0) is 16.9. The Kier molecular flexibility index (Phi) is 8.68. The Hall–Kier alpha value is -1.99. The first-order chi connectivity index (χ1) is 11.7. The summed E-state index contributed by atoms with van der Waals surface area (Å²) in [7, 11) is 0. The van der Waals surface area contributed by atoms with Crippen LogP contribution < -0.4 is 10.2 Å². The number of hydrogen-bond acceptors (Lipinski definition) is 3. The molecule has 10 heteroatoms. The van der Waals surface area contributed by atoms with E-state index in [1.54, 1.807) is 30.6 Å². The highest BCUT2D eigenvalue weighted by atomic mass is 35.5. The van der Waals surface area contributed by atoms with Crippen LogP contribution in [0.5, 0.6) is 0 Å². The van der Waals surface area contributed by atoms with Crippen molar-refractivity contribution in [1.82, 2.24) is 20.1 Å². The number of nitrogens with one attached hydrogen (secondary N) is 3. The summed E-state index contributed by atoms with van der Waals surface area (Å²) >= 11 is 11.6. The Bertz CT molecular complexity index is 898. The molecule has 0 atom stereocenters. The van der Waals surface area contributed by atoms with E-state index in [9.17, 15) is 4.79 Å². The highest BCUT2D eigenvalue weighted by molar-refractivity contribution is 6.31. The lowest BCUT2D eigenvalue weighted by molar-refractivity contribution is 0.0972. The minimum atomic E-state index is -0.357. The Balaban J connectivity index is 0.00000169. The van der Waals surface area contributed by atoms with E-state index in [1.807, 2.05) is 18.2 Å². The summed E-state index contributed by atoms with van der Waals surface area (Å²) in [6.45, 7) is 0.361. The number of carbonyl (C=O) groups is 1. The molecule has 6 nitrogen and oxygen atoms in total. The molecule has 1 aromatic carbocycles. The number of aromatic amines is 1. The standard InChI is InChI=1S/C16H13Cl2N5O.2ClH/c17-12-1-2-13-11(7-12)8-14(21-13)15(24)22-16(23-18)20-9-10-3-5-19-6-4-10;;/h1-8,21H,9H2,(H2,20,22,23,24);2*1H. The van der Waals surface area contributed by atoms with E-state index in [-0.39, 0.29) is 36.7 Å². The summed E-state index contributed by atoms with van der Waals surface area (Å²) in [5.74, 6) is -0.195. The van der Waals surface area contributed by atoms with Crippen molar-refractivity contribution < 1.29 is 4.79 Å². The third-order valence-corrected chi connectivity index (χ3v) is 3.73. The average molecular weight is 435 g/mol. The van der Waals surface area contributed by atoms with Crippen molar-refractivity contribution >= 4 is 71.0 Å². The number of fused-ring (bicyclic) bond motifs is 1. The van der Waals surface area contributed by atoms with Crippen LogP contribution >= 0.6 is 48.2 Å². The molecule has 3 N–H and O–H groups in total. The summed E-state index contributed by atoms with van der Waals surface area (Å²) in [5.41, 5.74) is 2.15. The van der Waals surface area contributed by atoms with Gasteiger partial charge in [-0.25, -0.2) is 4.99 Å². The normalized spacial score (nSPS) is 10.6. The lowest BCUT2D eigenvalue weighted by Gasteiger charge is -2.05. The number of nitrogens with zero attached hydrogens (tertiary/aromatic N) is 2. The number of rotatable bonds is 3. The SMILES string of the molecule is Cl.Cl.O=C(NC(=NCc1ccncc1)NCl)c1cc2cc(Cl)ccc2[nH]1. The van der Waals surface area contributed by atoms with Crippen LogP contribution in [0.15, 0.2) is 53.8 Å². The maximum atomic E-state index is 12.3. The fourth-order valence-electron chi connectivity index (χ4n) is 2.15. The van der Waals surface area contributed by atoms with Crippen LogP contribution in [-0.2, 0) is 6.54 Å². The summed E-state index contributed by atoms with van der Waals surface area (Å²) in [5, 5.41) is 4.07. The molecule has 26 heavy (non-hydrogen) atoms. The zero-order valence-electron chi connectivity index (χ0n) is 13.2. The monoisotopic (exact) mass is 433 g/mol. The van der Waals surface area contributed by atoms with Crippen LogP contribution in [0.25, 0.3) is 10.9 Å². The van der Waals surface area contributed by atoms with Gasteiger partial charge in [0.25, 0.3) is 5.91 Å². The second-order valence-corrected chi connectivity index (χ2v) is 5.61. The summed E-state index contributed by atoms with van der Waals surface area (Å²) < 4.78 is 0. The van der Waals surface area contributed by atoms with Gasteiger partial charge in [-0.2, -0.15) is 0 Å². The number of guanidine groups is 1. The van der Waals surface area contributed by atoms with Crippen molar-refractivity contribution in [3.63, 3.8) is 0 Å². The predicted molar refractivity (Wildman–Crippen MR) is 110 cm³/mol. The van der Waals surface area contributed by atoms with Gasteiger partial charge in [-0.1, -0.05) is 11.6 Å². The third kappa shape index (κ3) is 5.51.